The van der Waals surface area contributed by atoms with Crippen LogP contribution in [0.4, 0.5) is 5.69 Å². The van der Waals surface area contributed by atoms with E-state index in [1.807, 2.05) is 37.7 Å². The lowest BCUT2D eigenvalue weighted by molar-refractivity contribution is -0.139. The summed E-state index contributed by atoms with van der Waals surface area (Å²) in [6.45, 7) is 7.62. The Labute approximate surface area is 160 Å². The lowest BCUT2D eigenvalue weighted by atomic mass is 10.1. The molecule has 1 atom stereocenters. The Bertz CT molecular complexity index is 644. The van der Waals surface area contributed by atoms with Gasteiger partial charge in [0, 0.05) is 49.3 Å². The highest BCUT2D eigenvalue weighted by molar-refractivity contribution is 7.99. The first-order valence-corrected chi connectivity index (χ1v) is 10.7. The molecular weight excluding hydrogens is 346 g/mol. The molecule has 2 aliphatic heterocycles. The van der Waals surface area contributed by atoms with Crippen molar-refractivity contribution >= 4 is 29.3 Å². The van der Waals surface area contributed by atoms with Gasteiger partial charge in [0.25, 0.3) is 0 Å². The van der Waals surface area contributed by atoms with Crippen molar-refractivity contribution in [2.45, 2.75) is 39.3 Å². The number of amides is 2. The zero-order valence-corrected chi connectivity index (χ0v) is 16.6. The molecule has 26 heavy (non-hydrogen) atoms. The zero-order valence-electron chi connectivity index (χ0n) is 15.7. The number of likely N-dealkylation sites (tertiary alicyclic amines) is 1. The van der Waals surface area contributed by atoms with E-state index in [1.54, 1.807) is 4.90 Å². The molecule has 3 rings (SSSR count). The third kappa shape index (κ3) is 4.80. The zero-order chi connectivity index (χ0) is 18.5. The molecule has 1 N–H and O–H groups in total. The Kier molecular flexibility index (Phi) is 6.59. The van der Waals surface area contributed by atoms with Crippen LogP contribution in [0.25, 0.3) is 0 Å². The van der Waals surface area contributed by atoms with Crippen LogP contribution in [-0.4, -0.2) is 58.8 Å². The topological polar surface area (TPSA) is 52.7 Å². The summed E-state index contributed by atoms with van der Waals surface area (Å²) >= 11 is 2.01. The van der Waals surface area contributed by atoms with Crippen LogP contribution in [-0.2, 0) is 16.1 Å². The number of thioether (sulfide) groups is 1. The minimum Gasteiger partial charge on any atom is -0.330 e. The minimum absolute atomic E-state index is 0.0666. The normalized spacial score (nSPS) is 21.2. The maximum absolute atomic E-state index is 12.7. The number of nitrogens with one attached hydrogen (secondary N) is 1. The van der Waals surface area contributed by atoms with Crippen molar-refractivity contribution in [3.8, 4) is 0 Å². The van der Waals surface area contributed by atoms with Crippen LogP contribution in [0.1, 0.15) is 32.3 Å². The van der Waals surface area contributed by atoms with Gasteiger partial charge in [-0.1, -0.05) is 26.0 Å². The van der Waals surface area contributed by atoms with Crippen LogP contribution in [0.15, 0.2) is 24.3 Å². The second kappa shape index (κ2) is 8.91. The summed E-state index contributed by atoms with van der Waals surface area (Å²) in [4.78, 5) is 29.3. The molecule has 1 aromatic rings. The van der Waals surface area contributed by atoms with Gasteiger partial charge in [-0.3, -0.25) is 14.5 Å². The largest absolute Gasteiger partial charge is 0.330 e. The van der Waals surface area contributed by atoms with Gasteiger partial charge >= 0.3 is 0 Å². The van der Waals surface area contributed by atoms with E-state index in [0.717, 1.165) is 38.2 Å². The van der Waals surface area contributed by atoms with E-state index in [9.17, 15) is 9.59 Å². The van der Waals surface area contributed by atoms with Crippen LogP contribution in [0.3, 0.4) is 0 Å². The van der Waals surface area contributed by atoms with E-state index in [2.05, 4.69) is 22.3 Å². The molecule has 6 heteroatoms. The molecule has 0 aromatic heterocycles. The number of nitrogens with zero attached hydrogens (tertiary/aromatic N) is 2. The molecule has 0 bridgehead atoms. The SMILES string of the molecule is CC(C)C(=O)N1CCCC1C(=O)Nc1cccc(CN2CCSCC2)c1. The monoisotopic (exact) mass is 375 g/mol. The quantitative estimate of drug-likeness (QED) is 0.860. The Morgan fingerprint density at radius 3 is 2.73 bits per heavy atom. The number of carbonyl (C=O) groups excluding carboxylic acids is 2. The Morgan fingerprint density at radius 1 is 1.23 bits per heavy atom. The van der Waals surface area contributed by atoms with Gasteiger partial charge < -0.3 is 10.2 Å². The van der Waals surface area contributed by atoms with Gasteiger partial charge in [0.1, 0.15) is 6.04 Å². The predicted molar refractivity (Wildman–Crippen MR) is 107 cm³/mol. The number of hydrogen-bond acceptors (Lipinski definition) is 4. The summed E-state index contributed by atoms with van der Waals surface area (Å²) in [5, 5.41) is 3.03. The molecule has 2 fully saturated rings. The third-order valence-corrected chi connectivity index (χ3v) is 5.98. The average molecular weight is 376 g/mol. The first-order valence-electron chi connectivity index (χ1n) is 9.55. The Hall–Kier alpha value is -1.53. The average Bonchev–Trinajstić information content (AvgIpc) is 3.12. The minimum atomic E-state index is -0.340. The highest BCUT2D eigenvalue weighted by Gasteiger charge is 2.34. The van der Waals surface area contributed by atoms with Crippen LogP contribution < -0.4 is 5.32 Å². The van der Waals surface area contributed by atoms with E-state index in [4.69, 9.17) is 0 Å². The van der Waals surface area contributed by atoms with E-state index < -0.39 is 0 Å². The molecule has 2 heterocycles. The van der Waals surface area contributed by atoms with Gasteiger partial charge in [0.05, 0.1) is 0 Å². The number of rotatable bonds is 5. The van der Waals surface area contributed by atoms with Crippen molar-refractivity contribution in [1.82, 2.24) is 9.80 Å². The maximum atomic E-state index is 12.7. The molecular formula is C20H29N3O2S. The van der Waals surface area contributed by atoms with Crippen LogP contribution in [0, 0.1) is 5.92 Å². The standard InChI is InChI=1S/C20H29N3O2S/c1-15(2)20(25)23-8-4-7-18(23)19(24)21-17-6-3-5-16(13-17)14-22-9-11-26-12-10-22/h3,5-6,13,15,18H,4,7-12,14H2,1-2H3,(H,21,24). The van der Waals surface area contributed by atoms with Crippen molar-refractivity contribution in [1.29, 1.82) is 0 Å². The van der Waals surface area contributed by atoms with Crippen LogP contribution in [0.5, 0.6) is 0 Å². The molecule has 0 spiro atoms. The molecule has 2 amide bonds. The summed E-state index contributed by atoms with van der Waals surface area (Å²) in [6, 6.07) is 7.75. The van der Waals surface area contributed by atoms with Gasteiger partial charge in [-0.15, -0.1) is 0 Å². The fourth-order valence-corrected chi connectivity index (χ4v) is 4.60. The predicted octanol–water partition coefficient (Wildman–Crippen LogP) is 2.82. The first-order chi connectivity index (χ1) is 12.5. The number of hydrogen-bond donors (Lipinski definition) is 1. The summed E-state index contributed by atoms with van der Waals surface area (Å²) in [7, 11) is 0. The van der Waals surface area contributed by atoms with Crippen molar-refractivity contribution in [3.63, 3.8) is 0 Å². The van der Waals surface area contributed by atoms with Crippen LogP contribution in [0.2, 0.25) is 0 Å². The summed E-state index contributed by atoms with van der Waals surface area (Å²) < 4.78 is 0. The van der Waals surface area contributed by atoms with Gasteiger partial charge in [-0.2, -0.15) is 11.8 Å². The second-order valence-electron chi connectivity index (χ2n) is 7.42. The van der Waals surface area contributed by atoms with Crippen molar-refractivity contribution < 1.29 is 9.59 Å². The Morgan fingerprint density at radius 2 is 2.00 bits per heavy atom. The number of anilines is 1. The van der Waals surface area contributed by atoms with E-state index in [0.29, 0.717) is 6.54 Å². The number of benzene rings is 1. The summed E-state index contributed by atoms with van der Waals surface area (Å²) in [5.74, 6) is 2.31. The summed E-state index contributed by atoms with van der Waals surface area (Å²) in [6.07, 6.45) is 1.64. The molecule has 0 radical (unpaired) electrons. The van der Waals surface area contributed by atoms with Gasteiger partial charge in [-0.25, -0.2) is 0 Å². The van der Waals surface area contributed by atoms with Crippen molar-refractivity contribution in [2.24, 2.45) is 5.92 Å². The highest BCUT2D eigenvalue weighted by Crippen LogP contribution is 2.22. The molecule has 1 unspecified atom stereocenters. The van der Waals surface area contributed by atoms with Crippen LogP contribution >= 0.6 is 11.8 Å². The van der Waals surface area contributed by atoms with Gasteiger partial charge in [0.2, 0.25) is 11.8 Å². The molecule has 0 aliphatic carbocycles. The third-order valence-electron chi connectivity index (χ3n) is 5.04. The Balaban J connectivity index is 1.62. The number of carbonyl (C=O) groups is 2. The maximum Gasteiger partial charge on any atom is 0.247 e. The summed E-state index contributed by atoms with van der Waals surface area (Å²) in [5.41, 5.74) is 2.04. The van der Waals surface area contributed by atoms with Gasteiger partial charge in [-0.05, 0) is 30.5 Å². The van der Waals surface area contributed by atoms with Crippen molar-refractivity contribution in [3.05, 3.63) is 29.8 Å². The smallest absolute Gasteiger partial charge is 0.247 e. The first kappa shape index (κ1) is 19.2. The lowest BCUT2D eigenvalue weighted by Crippen LogP contribution is -2.44. The van der Waals surface area contributed by atoms with E-state index in [1.165, 1.54) is 17.1 Å². The molecule has 0 saturated carbocycles. The van der Waals surface area contributed by atoms with E-state index >= 15 is 0 Å². The second-order valence-corrected chi connectivity index (χ2v) is 8.65. The fraction of sp³-hybridized carbons (Fsp3) is 0.600. The van der Waals surface area contributed by atoms with Crippen molar-refractivity contribution in [2.75, 3.05) is 36.5 Å². The molecule has 2 saturated heterocycles. The molecule has 2 aliphatic rings. The fourth-order valence-electron chi connectivity index (χ4n) is 3.63. The lowest BCUT2D eigenvalue weighted by Gasteiger charge is -2.27. The molecule has 5 nitrogen and oxygen atoms in total. The highest BCUT2D eigenvalue weighted by atomic mass is 32.2. The van der Waals surface area contributed by atoms with E-state index in [-0.39, 0.29) is 23.8 Å². The van der Waals surface area contributed by atoms with Gasteiger partial charge in [0.15, 0.2) is 0 Å². The molecule has 142 valence electrons. The molecule has 1 aromatic carbocycles.